The summed E-state index contributed by atoms with van der Waals surface area (Å²) in [6.45, 7) is 2.23. The molecule has 0 bridgehead atoms. The Kier molecular flexibility index (Phi) is 23.4. The van der Waals surface area contributed by atoms with Gasteiger partial charge in [-0.25, -0.2) is 0 Å². The lowest BCUT2D eigenvalue weighted by Crippen LogP contribution is -1.93. The van der Waals surface area contributed by atoms with Gasteiger partial charge >= 0.3 is 5.97 Å². The fourth-order valence-corrected chi connectivity index (χ4v) is 2.09. The molecule has 0 unspecified atom stereocenters. The van der Waals surface area contributed by atoms with E-state index in [4.69, 9.17) is 10.2 Å². The van der Waals surface area contributed by atoms with Crippen LogP contribution in [0.5, 0.6) is 0 Å². The smallest absolute Gasteiger partial charge is 0.303 e. The van der Waals surface area contributed by atoms with E-state index in [1.54, 1.807) is 0 Å². The van der Waals surface area contributed by atoms with Crippen molar-refractivity contribution >= 4 is 5.97 Å². The van der Waals surface area contributed by atoms with Crippen molar-refractivity contribution in [2.45, 2.75) is 84.0 Å². The first-order valence-corrected chi connectivity index (χ1v) is 8.74. The normalized spacial score (nSPS) is 10.9. The number of rotatable bonds is 14. The molecule has 0 spiro atoms. The number of carboxylic acid groups (broad SMARTS) is 1. The van der Waals surface area contributed by atoms with Crippen LogP contribution in [-0.2, 0) is 4.79 Å². The number of allylic oxidation sites excluding steroid dienone is 4. The second-order valence-electron chi connectivity index (χ2n) is 5.37. The highest BCUT2D eigenvalue weighted by atomic mass is 16.4. The Morgan fingerprint density at radius 1 is 0.773 bits per heavy atom. The number of carboxylic acids is 1. The van der Waals surface area contributed by atoms with E-state index in [9.17, 15) is 4.79 Å². The highest BCUT2D eigenvalue weighted by Crippen LogP contribution is 2.08. The van der Waals surface area contributed by atoms with Crippen LogP contribution in [0, 0.1) is 0 Å². The fraction of sp³-hybridized carbons (Fsp3) is 0.737. The Morgan fingerprint density at radius 3 is 1.82 bits per heavy atom. The summed E-state index contributed by atoms with van der Waals surface area (Å²) in [6, 6.07) is 0. The molecule has 0 rings (SSSR count). The van der Waals surface area contributed by atoms with Gasteiger partial charge in [-0.2, -0.15) is 0 Å². The van der Waals surface area contributed by atoms with E-state index >= 15 is 0 Å². The minimum atomic E-state index is -0.671. The molecule has 0 aliphatic heterocycles. The number of carbonyl (C=O) groups is 1. The molecule has 0 saturated heterocycles. The summed E-state index contributed by atoms with van der Waals surface area (Å²) >= 11 is 0. The number of unbranched alkanes of at least 4 members (excludes halogenated alkanes) is 8. The number of hydrogen-bond donors (Lipinski definition) is 2. The van der Waals surface area contributed by atoms with Gasteiger partial charge in [-0.3, -0.25) is 4.79 Å². The van der Waals surface area contributed by atoms with Gasteiger partial charge in [-0.15, -0.1) is 0 Å². The molecule has 0 fully saturated rings. The highest BCUT2D eigenvalue weighted by molar-refractivity contribution is 5.66. The molecule has 2 N–H and O–H groups in total. The monoisotopic (exact) mass is 312 g/mol. The molecule has 0 aromatic carbocycles. The van der Waals surface area contributed by atoms with Gasteiger partial charge in [-0.05, 0) is 38.5 Å². The average molecular weight is 312 g/mol. The Morgan fingerprint density at radius 2 is 1.27 bits per heavy atom. The molecule has 130 valence electrons. The molecule has 22 heavy (non-hydrogen) atoms. The largest absolute Gasteiger partial charge is 0.481 e. The predicted octanol–water partition coefficient (Wildman–Crippen LogP) is 5.49. The van der Waals surface area contributed by atoms with Crippen molar-refractivity contribution in [3.63, 3.8) is 0 Å². The van der Waals surface area contributed by atoms with Crippen molar-refractivity contribution in [2.24, 2.45) is 0 Å². The van der Waals surface area contributed by atoms with Crippen LogP contribution in [0.4, 0.5) is 0 Å². The van der Waals surface area contributed by atoms with Crippen molar-refractivity contribution in [3.05, 3.63) is 24.3 Å². The molecule has 0 heterocycles. The molecule has 3 nitrogen and oxygen atoms in total. The first-order valence-electron chi connectivity index (χ1n) is 8.74. The van der Waals surface area contributed by atoms with Gasteiger partial charge in [-0.1, -0.05) is 63.3 Å². The predicted molar refractivity (Wildman–Crippen MR) is 95.1 cm³/mol. The first kappa shape index (κ1) is 23.2. The van der Waals surface area contributed by atoms with Crippen molar-refractivity contribution in [1.82, 2.24) is 0 Å². The van der Waals surface area contributed by atoms with Crippen LogP contribution in [0.25, 0.3) is 0 Å². The summed E-state index contributed by atoms with van der Waals surface area (Å²) in [5.41, 5.74) is 0. The molecule has 0 aromatic heterocycles. The van der Waals surface area contributed by atoms with Crippen molar-refractivity contribution in [2.75, 3.05) is 7.11 Å². The summed E-state index contributed by atoms with van der Waals surface area (Å²) in [6.07, 6.45) is 22.3. The SMILES string of the molecule is CCCCC/C=C\C/C=C\CCCCCCCC(=O)O.CO. The van der Waals surface area contributed by atoms with E-state index in [0.717, 1.165) is 32.8 Å². The third-order valence-electron chi connectivity index (χ3n) is 3.34. The molecular formula is C19H36O3. The van der Waals surface area contributed by atoms with E-state index in [2.05, 4.69) is 31.2 Å². The van der Waals surface area contributed by atoms with Gasteiger partial charge < -0.3 is 10.2 Å². The Labute approximate surface area is 137 Å². The molecule has 0 radical (unpaired) electrons. The molecule has 0 aliphatic carbocycles. The van der Waals surface area contributed by atoms with E-state index in [0.29, 0.717) is 6.42 Å². The van der Waals surface area contributed by atoms with Gasteiger partial charge in [0.05, 0.1) is 0 Å². The van der Waals surface area contributed by atoms with Crippen LogP contribution in [-0.4, -0.2) is 23.3 Å². The lowest BCUT2D eigenvalue weighted by molar-refractivity contribution is -0.137. The fourth-order valence-electron chi connectivity index (χ4n) is 2.09. The molecule has 3 heteroatoms. The minimum Gasteiger partial charge on any atom is -0.481 e. The first-order chi connectivity index (χ1) is 10.8. The van der Waals surface area contributed by atoms with Crippen LogP contribution in [0.15, 0.2) is 24.3 Å². The summed E-state index contributed by atoms with van der Waals surface area (Å²) in [4.78, 5) is 10.3. The van der Waals surface area contributed by atoms with Crippen molar-refractivity contribution in [1.29, 1.82) is 0 Å². The van der Waals surface area contributed by atoms with Crippen molar-refractivity contribution < 1.29 is 15.0 Å². The third-order valence-corrected chi connectivity index (χ3v) is 3.34. The molecular weight excluding hydrogens is 276 g/mol. The standard InChI is InChI=1S/C18H32O2.CH4O/c1-2-3-4-5-6-7-8-9-10-11-12-13-14-15-16-17-18(19)20;1-2/h6-7,9-10H,2-5,8,11-17H2,1H3,(H,19,20);2H,1H3/b7-6-,10-9-;. The lowest BCUT2D eigenvalue weighted by Gasteiger charge is -1.98. The van der Waals surface area contributed by atoms with Crippen LogP contribution >= 0.6 is 0 Å². The quantitative estimate of drug-likeness (QED) is 0.329. The van der Waals surface area contributed by atoms with E-state index in [1.807, 2.05) is 0 Å². The lowest BCUT2D eigenvalue weighted by atomic mass is 10.1. The van der Waals surface area contributed by atoms with E-state index in [-0.39, 0.29) is 0 Å². The number of hydrogen-bond acceptors (Lipinski definition) is 2. The minimum absolute atomic E-state index is 0.324. The Balaban J connectivity index is 0. The van der Waals surface area contributed by atoms with Gasteiger partial charge in [0.15, 0.2) is 0 Å². The van der Waals surface area contributed by atoms with E-state index in [1.165, 1.54) is 44.9 Å². The molecule has 0 atom stereocenters. The highest BCUT2D eigenvalue weighted by Gasteiger charge is 1.95. The maximum absolute atomic E-state index is 10.3. The van der Waals surface area contributed by atoms with Gasteiger partial charge in [0.1, 0.15) is 0 Å². The van der Waals surface area contributed by atoms with Gasteiger partial charge in [0, 0.05) is 13.5 Å². The second kappa shape index (κ2) is 22.2. The molecule has 0 saturated carbocycles. The van der Waals surface area contributed by atoms with Crippen molar-refractivity contribution in [3.8, 4) is 0 Å². The van der Waals surface area contributed by atoms with Crippen LogP contribution < -0.4 is 0 Å². The molecule has 0 amide bonds. The zero-order chi connectivity index (χ0) is 16.9. The van der Waals surface area contributed by atoms with Gasteiger partial charge in [0.25, 0.3) is 0 Å². The number of aliphatic hydroxyl groups excluding tert-OH is 1. The topological polar surface area (TPSA) is 57.5 Å². The van der Waals surface area contributed by atoms with E-state index < -0.39 is 5.97 Å². The zero-order valence-electron chi connectivity index (χ0n) is 14.6. The average Bonchev–Trinajstić information content (AvgIpc) is 2.53. The molecule has 0 aliphatic rings. The summed E-state index contributed by atoms with van der Waals surface area (Å²) in [5.74, 6) is -0.671. The second-order valence-corrected chi connectivity index (χ2v) is 5.37. The molecule has 0 aromatic rings. The summed E-state index contributed by atoms with van der Waals surface area (Å²) in [7, 11) is 1.00. The zero-order valence-corrected chi connectivity index (χ0v) is 14.6. The summed E-state index contributed by atoms with van der Waals surface area (Å²) < 4.78 is 0. The maximum Gasteiger partial charge on any atom is 0.303 e. The summed E-state index contributed by atoms with van der Waals surface area (Å²) in [5, 5.41) is 15.5. The number of aliphatic carboxylic acids is 1. The van der Waals surface area contributed by atoms with Gasteiger partial charge in [0.2, 0.25) is 0 Å². The number of aliphatic hydroxyl groups is 1. The third kappa shape index (κ3) is 24.0. The van der Waals surface area contributed by atoms with Crippen LogP contribution in [0.1, 0.15) is 84.0 Å². The Hall–Kier alpha value is -1.09. The van der Waals surface area contributed by atoms with Crippen LogP contribution in [0.2, 0.25) is 0 Å². The van der Waals surface area contributed by atoms with Crippen LogP contribution in [0.3, 0.4) is 0 Å². The maximum atomic E-state index is 10.3. The Bertz CT molecular complexity index is 270.